The van der Waals surface area contributed by atoms with Crippen molar-refractivity contribution in [1.29, 1.82) is 0 Å². The Bertz CT molecular complexity index is 15.6. The minimum atomic E-state index is 0. The van der Waals surface area contributed by atoms with Gasteiger partial charge in [-0.25, -0.2) is 0 Å². The van der Waals surface area contributed by atoms with Crippen LogP contribution in [-0.2, 0) is 22.4 Å². The van der Waals surface area contributed by atoms with Crippen LogP contribution in [0, 0.1) is 6.92 Å². The summed E-state index contributed by atoms with van der Waals surface area (Å²) in [6.07, 6.45) is 3.65. The van der Waals surface area contributed by atoms with E-state index >= 15 is 0 Å². The molecule has 0 aromatic heterocycles. The first kappa shape index (κ1) is 15.7. The van der Waals surface area contributed by atoms with Crippen LogP contribution in [-0.4, -0.2) is 0 Å². The van der Waals surface area contributed by atoms with Gasteiger partial charge in [0, 0.05) is 0 Å². The van der Waals surface area contributed by atoms with Gasteiger partial charge >= 0.3 is 22.4 Å². The summed E-state index contributed by atoms with van der Waals surface area (Å²) < 4.78 is 0. The second kappa shape index (κ2) is 15.7. The number of rotatable bonds is 2. The van der Waals surface area contributed by atoms with Crippen LogP contribution in [0.15, 0.2) is 0 Å². The van der Waals surface area contributed by atoms with Crippen LogP contribution in [0.25, 0.3) is 0 Å². The Hall–Kier alpha value is 1.17. The molecule has 0 saturated heterocycles. The third kappa shape index (κ3) is 19.1. The average Bonchev–Trinajstić information content (AvgIpc) is 1.41. The molecule has 1 unspecified atom stereocenters. The standard InChI is InChI=1S/C5H11.Au.H3P/c1-3-5-4-2;;/h1,3-5H2,2H3;;1H3/q-1;+1;. The summed E-state index contributed by atoms with van der Waals surface area (Å²) in [5.41, 5.74) is 0. The van der Waals surface area contributed by atoms with E-state index in [4.69, 9.17) is 0 Å². The molecule has 7 heavy (non-hydrogen) atoms. The molecule has 0 amide bonds. The first-order chi connectivity index (χ1) is 2.41. The van der Waals surface area contributed by atoms with E-state index < -0.39 is 0 Å². The Balaban J connectivity index is -0.0000000800. The zero-order valence-electron chi connectivity index (χ0n) is 4.84. The quantitative estimate of drug-likeness (QED) is 0.416. The van der Waals surface area contributed by atoms with E-state index in [-0.39, 0.29) is 32.3 Å². The van der Waals surface area contributed by atoms with E-state index in [2.05, 4.69) is 13.8 Å². The van der Waals surface area contributed by atoms with Crippen molar-refractivity contribution in [2.45, 2.75) is 26.2 Å². The number of unbranched alkanes of at least 4 members (excludes halogenated alkanes) is 2. The van der Waals surface area contributed by atoms with Gasteiger partial charge in [0.15, 0.2) is 0 Å². The Morgan fingerprint density at radius 1 is 1.43 bits per heavy atom. The van der Waals surface area contributed by atoms with E-state index in [1.54, 1.807) is 0 Å². The van der Waals surface area contributed by atoms with E-state index in [0.29, 0.717) is 0 Å². The van der Waals surface area contributed by atoms with Gasteiger partial charge in [0.05, 0.1) is 0 Å². The molecule has 0 saturated carbocycles. The van der Waals surface area contributed by atoms with Gasteiger partial charge in [0.1, 0.15) is 0 Å². The van der Waals surface area contributed by atoms with Crippen molar-refractivity contribution in [3.63, 3.8) is 0 Å². The smallest absolute Gasteiger partial charge is 0.343 e. The average molecular weight is 302 g/mol. The maximum absolute atomic E-state index is 3.68. The van der Waals surface area contributed by atoms with Crippen molar-refractivity contribution in [3.8, 4) is 0 Å². The van der Waals surface area contributed by atoms with Crippen molar-refractivity contribution in [1.82, 2.24) is 0 Å². The van der Waals surface area contributed by atoms with E-state index in [1.165, 1.54) is 12.8 Å². The molecule has 0 heterocycles. The van der Waals surface area contributed by atoms with Gasteiger partial charge in [0.2, 0.25) is 0 Å². The molecule has 0 aliphatic carbocycles. The Labute approximate surface area is 65.6 Å². The monoisotopic (exact) mass is 302 g/mol. The zero-order chi connectivity index (χ0) is 4.12. The van der Waals surface area contributed by atoms with E-state index in [9.17, 15) is 0 Å². The molecule has 0 fully saturated rings. The van der Waals surface area contributed by atoms with Crippen LogP contribution in [0.3, 0.4) is 0 Å². The molecule has 0 nitrogen and oxygen atoms in total. The van der Waals surface area contributed by atoms with Gasteiger partial charge in [-0.15, -0.1) is 0 Å². The molecule has 0 spiro atoms. The molecule has 1 atom stereocenters. The molecule has 0 bridgehead atoms. The predicted octanol–water partition coefficient (Wildman–Crippen LogP) is 2.07. The van der Waals surface area contributed by atoms with Crippen molar-refractivity contribution in [2.24, 2.45) is 0 Å². The first-order valence-corrected chi connectivity index (χ1v) is 2.21. The fourth-order valence-electron chi connectivity index (χ4n) is 0.250. The third-order valence-corrected chi connectivity index (χ3v) is 0.604. The summed E-state index contributed by atoms with van der Waals surface area (Å²) in [6.45, 7) is 5.85. The second-order valence-corrected chi connectivity index (χ2v) is 1.21. The molecular weight excluding hydrogens is 288 g/mol. The van der Waals surface area contributed by atoms with Crippen LogP contribution < -0.4 is 0 Å². The normalized spacial score (nSPS) is 6.00. The maximum Gasteiger partial charge on any atom is 1.00 e. The van der Waals surface area contributed by atoms with Crippen molar-refractivity contribution in [3.05, 3.63) is 6.92 Å². The third-order valence-electron chi connectivity index (χ3n) is 0.604. The summed E-state index contributed by atoms with van der Waals surface area (Å²) in [7, 11) is 0. The van der Waals surface area contributed by atoms with Crippen LogP contribution in [0.1, 0.15) is 26.2 Å². The van der Waals surface area contributed by atoms with Gasteiger partial charge in [-0.2, -0.15) is 16.3 Å². The van der Waals surface area contributed by atoms with Crippen LogP contribution in [0.4, 0.5) is 0 Å². The maximum atomic E-state index is 3.68. The van der Waals surface area contributed by atoms with Gasteiger partial charge in [0.25, 0.3) is 0 Å². The summed E-state index contributed by atoms with van der Waals surface area (Å²) in [6, 6.07) is 0. The molecule has 50 valence electrons. The van der Waals surface area contributed by atoms with Gasteiger partial charge in [-0.05, 0) is 0 Å². The Morgan fingerprint density at radius 3 is 1.86 bits per heavy atom. The summed E-state index contributed by atoms with van der Waals surface area (Å²) in [5, 5.41) is 0. The largest absolute Gasteiger partial charge is 1.00 e. The van der Waals surface area contributed by atoms with Gasteiger partial charge in [-0.1, -0.05) is 19.8 Å². The van der Waals surface area contributed by atoms with Crippen LogP contribution in [0.2, 0.25) is 0 Å². The number of hydrogen-bond donors (Lipinski definition) is 0. The van der Waals surface area contributed by atoms with Gasteiger partial charge in [-0.3, -0.25) is 0 Å². The van der Waals surface area contributed by atoms with Gasteiger partial charge < -0.3 is 6.92 Å². The molecule has 0 aromatic rings. The minimum absolute atomic E-state index is 0. The molecule has 0 radical (unpaired) electrons. The SMILES string of the molecule is P.[Au+].[CH2-]CCCC. The Kier molecular flexibility index (Phi) is 35.2. The topological polar surface area (TPSA) is 0 Å². The molecular formula is C5H14AuP. The Morgan fingerprint density at radius 2 is 1.86 bits per heavy atom. The summed E-state index contributed by atoms with van der Waals surface area (Å²) >= 11 is 0. The molecule has 0 aromatic carbocycles. The fourth-order valence-corrected chi connectivity index (χ4v) is 0.250. The van der Waals surface area contributed by atoms with Crippen molar-refractivity contribution >= 4 is 9.90 Å². The van der Waals surface area contributed by atoms with E-state index in [0.717, 1.165) is 6.42 Å². The molecule has 0 aliphatic rings. The zero-order valence-corrected chi connectivity index (χ0v) is 8.42. The predicted molar refractivity (Wildman–Crippen MR) is 36.0 cm³/mol. The van der Waals surface area contributed by atoms with Crippen molar-refractivity contribution < 1.29 is 22.4 Å². The molecule has 0 N–H and O–H groups in total. The van der Waals surface area contributed by atoms with E-state index in [1.807, 2.05) is 0 Å². The number of hydrogen-bond acceptors (Lipinski definition) is 0. The fraction of sp³-hybridized carbons (Fsp3) is 0.800. The molecule has 0 aliphatic heterocycles. The second-order valence-electron chi connectivity index (χ2n) is 1.21. The van der Waals surface area contributed by atoms with Crippen LogP contribution in [0.5, 0.6) is 0 Å². The van der Waals surface area contributed by atoms with Crippen molar-refractivity contribution in [2.75, 3.05) is 0 Å². The minimum Gasteiger partial charge on any atom is -0.343 e. The molecule has 0 rings (SSSR count). The summed E-state index contributed by atoms with van der Waals surface area (Å²) in [4.78, 5) is 0. The molecule has 2 heteroatoms. The van der Waals surface area contributed by atoms with Crippen LogP contribution >= 0.6 is 9.90 Å². The summed E-state index contributed by atoms with van der Waals surface area (Å²) in [5.74, 6) is 0. The first-order valence-electron chi connectivity index (χ1n) is 2.21.